The van der Waals surface area contributed by atoms with E-state index >= 15 is 0 Å². The third-order valence-electron chi connectivity index (χ3n) is 12.5. The van der Waals surface area contributed by atoms with E-state index in [1.54, 1.807) is 0 Å². The van der Waals surface area contributed by atoms with E-state index < -0.39 is 0 Å². The van der Waals surface area contributed by atoms with Gasteiger partial charge in [-0.25, -0.2) is 0 Å². The Bertz CT molecular complexity index is 896. The van der Waals surface area contributed by atoms with Crippen LogP contribution in [-0.2, 0) is 6.42 Å². The first-order chi connectivity index (χ1) is 16.8. The molecule has 4 aliphatic heterocycles. The maximum Gasteiger partial charge on any atom is 0.123 e. The minimum absolute atomic E-state index is 0.514. The Morgan fingerprint density at radius 1 is 0.971 bits per heavy atom. The van der Waals surface area contributed by atoms with Gasteiger partial charge in [-0.15, -0.1) is 0 Å². The molecular formula is C33H51NO. The van der Waals surface area contributed by atoms with Crippen LogP contribution >= 0.6 is 0 Å². The van der Waals surface area contributed by atoms with Gasteiger partial charge in [0.05, 0.1) is 6.61 Å². The summed E-state index contributed by atoms with van der Waals surface area (Å²) in [5.41, 5.74) is 4.10. The number of rotatable bonds is 6. The molecule has 1 aromatic carbocycles. The van der Waals surface area contributed by atoms with E-state index in [1.807, 2.05) is 0 Å². The van der Waals surface area contributed by atoms with Crippen molar-refractivity contribution in [2.45, 2.75) is 98.3 Å². The zero-order valence-corrected chi connectivity index (χ0v) is 23.3. The molecule has 4 bridgehead atoms. The highest BCUT2D eigenvalue weighted by atomic mass is 16.5. The zero-order valence-electron chi connectivity index (χ0n) is 23.3. The summed E-state index contributed by atoms with van der Waals surface area (Å²) in [5, 5.41) is 0. The van der Waals surface area contributed by atoms with Crippen LogP contribution in [0.4, 0.5) is 0 Å². The van der Waals surface area contributed by atoms with Crippen molar-refractivity contribution in [3.05, 3.63) is 29.3 Å². The zero-order chi connectivity index (χ0) is 24.4. The molecule has 3 aliphatic carbocycles. The first-order valence-electron chi connectivity index (χ1n) is 15.3. The van der Waals surface area contributed by atoms with E-state index in [1.165, 1.54) is 94.3 Å². The third-order valence-corrected chi connectivity index (χ3v) is 12.5. The van der Waals surface area contributed by atoms with Gasteiger partial charge in [-0.3, -0.25) is 0 Å². The molecule has 0 aromatic heterocycles. The molecule has 194 valence electrons. The normalized spacial score (nSPS) is 39.4. The molecule has 8 rings (SSSR count). The standard InChI is InChI=1S/C33H51NO/c1-22(2)27-10-17-35-31-19-24(6-9-28(27)31)18-23(3)29-20-26-8-7-25(29)21-30(26)32(4,5)33-11-14-34(15-12-33)16-13-33/h6,9,19,22-23,25-27,29-30H,7-8,10-18,20-21H2,1-5H3. The Morgan fingerprint density at radius 3 is 2.34 bits per heavy atom. The molecule has 4 heterocycles. The van der Waals surface area contributed by atoms with Crippen LogP contribution in [0.1, 0.15) is 103 Å². The molecule has 0 radical (unpaired) electrons. The summed E-state index contributed by atoms with van der Waals surface area (Å²) in [6, 6.07) is 7.24. The fraction of sp³-hybridized carbons (Fsp3) is 0.818. The molecule has 0 N–H and O–H groups in total. The van der Waals surface area contributed by atoms with Gasteiger partial charge in [0.15, 0.2) is 0 Å². The van der Waals surface area contributed by atoms with Crippen molar-refractivity contribution in [3.8, 4) is 5.75 Å². The highest BCUT2D eigenvalue weighted by molar-refractivity contribution is 5.41. The Labute approximate surface area is 215 Å². The van der Waals surface area contributed by atoms with Gasteiger partial charge in [-0.05, 0) is 147 Å². The second-order valence-corrected chi connectivity index (χ2v) is 14.5. The van der Waals surface area contributed by atoms with Gasteiger partial charge < -0.3 is 9.64 Å². The van der Waals surface area contributed by atoms with Gasteiger partial charge in [-0.1, -0.05) is 46.8 Å². The monoisotopic (exact) mass is 477 g/mol. The second-order valence-electron chi connectivity index (χ2n) is 14.5. The average molecular weight is 478 g/mol. The minimum Gasteiger partial charge on any atom is -0.493 e. The van der Waals surface area contributed by atoms with Crippen molar-refractivity contribution < 1.29 is 4.74 Å². The van der Waals surface area contributed by atoms with Crippen molar-refractivity contribution >= 4 is 0 Å². The summed E-state index contributed by atoms with van der Waals surface area (Å²) in [4.78, 5) is 2.72. The third kappa shape index (κ3) is 4.09. The van der Waals surface area contributed by atoms with Crippen LogP contribution in [0.15, 0.2) is 18.2 Å². The number of benzene rings is 1. The van der Waals surface area contributed by atoms with Gasteiger partial charge in [0.25, 0.3) is 0 Å². The predicted molar refractivity (Wildman–Crippen MR) is 146 cm³/mol. The summed E-state index contributed by atoms with van der Waals surface area (Å²) < 4.78 is 6.15. The van der Waals surface area contributed by atoms with Crippen LogP contribution in [0.5, 0.6) is 5.75 Å². The summed E-state index contributed by atoms with van der Waals surface area (Å²) in [6.07, 6.45) is 12.8. The van der Waals surface area contributed by atoms with Crippen LogP contribution in [0.3, 0.4) is 0 Å². The largest absolute Gasteiger partial charge is 0.493 e. The molecule has 2 nitrogen and oxygen atoms in total. The SMILES string of the molecule is CC(C)C1CCOc2cc(CC(C)C3CC4CCC3CC4C(C)(C)C34CCN(CC3)CC4)ccc21. The maximum atomic E-state index is 6.15. The quantitative estimate of drug-likeness (QED) is 0.412. The van der Waals surface area contributed by atoms with Crippen LogP contribution in [0.25, 0.3) is 0 Å². The highest BCUT2D eigenvalue weighted by Crippen LogP contribution is 2.64. The minimum atomic E-state index is 0.514. The molecule has 7 aliphatic rings. The fourth-order valence-electron chi connectivity index (χ4n) is 10.1. The van der Waals surface area contributed by atoms with E-state index in [-0.39, 0.29) is 0 Å². The van der Waals surface area contributed by atoms with E-state index in [0.29, 0.717) is 22.7 Å². The van der Waals surface area contributed by atoms with Gasteiger partial charge in [-0.2, -0.15) is 0 Å². The van der Waals surface area contributed by atoms with Gasteiger partial charge in [0.2, 0.25) is 0 Å². The molecule has 6 fully saturated rings. The van der Waals surface area contributed by atoms with Crippen LogP contribution in [-0.4, -0.2) is 31.1 Å². The first kappa shape index (κ1) is 24.3. The fourth-order valence-corrected chi connectivity index (χ4v) is 10.1. The lowest BCUT2D eigenvalue weighted by Crippen LogP contribution is -2.59. The summed E-state index contributed by atoms with van der Waals surface area (Å²) in [6.45, 7) is 17.7. The van der Waals surface area contributed by atoms with Crippen molar-refractivity contribution in [1.82, 2.24) is 4.90 Å². The number of fused-ring (bicyclic) bond motifs is 7. The van der Waals surface area contributed by atoms with E-state index in [4.69, 9.17) is 4.74 Å². The lowest BCUT2D eigenvalue weighted by Gasteiger charge is -2.63. The van der Waals surface area contributed by atoms with Gasteiger partial charge in [0.1, 0.15) is 5.75 Å². The lowest BCUT2D eigenvalue weighted by atomic mass is 9.44. The molecule has 3 saturated carbocycles. The van der Waals surface area contributed by atoms with Crippen LogP contribution in [0.2, 0.25) is 0 Å². The van der Waals surface area contributed by atoms with Crippen molar-refractivity contribution in [2.24, 2.45) is 46.3 Å². The molecule has 0 amide bonds. The lowest BCUT2D eigenvalue weighted by molar-refractivity contribution is -0.137. The number of piperidine rings is 3. The molecule has 1 aromatic rings. The predicted octanol–water partition coefficient (Wildman–Crippen LogP) is 7.95. The smallest absolute Gasteiger partial charge is 0.123 e. The van der Waals surface area contributed by atoms with Crippen molar-refractivity contribution in [1.29, 1.82) is 0 Å². The Morgan fingerprint density at radius 2 is 1.69 bits per heavy atom. The molecule has 0 spiro atoms. The topological polar surface area (TPSA) is 12.5 Å². The summed E-state index contributed by atoms with van der Waals surface area (Å²) >= 11 is 0. The molecule has 35 heavy (non-hydrogen) atoms. The van der Waals surface area contributed by atoms with E-state index in [9.17, 15) is 0 Å². The molecule has 6 unspecified atom stereocenters. The van der Waals surface area contributed by atoms with Crippen LogP contribution in [0, 0.1) is 46.3 Å². The molecule has 2 heteroatoms. The Kier molecular flexibility index (Phi) is 6.30. The second kappa shape index (κ2) is 9.07. The van der Waals surface area contributed by atoms with Crippen LogP contribution < -0.4 is 4.74 Å². The molecule has 6 atom stereocenters. The summed E-state index contributed by atoms with van der Waals surface area (Å²) in [7, 11) is 0. The molecular weight excluding hydrogens is 426 g/mol. The highest BCUT2D eigenvalue weighted by Gasteiger charge is 2.57. The van der Waals surface area contributed by atoms with E-state index in [2.05, 4.69) is 57.7 Å². The Balaban J connectivity index is 1.14. The maximum absolute atomic E-state index is 6.15. The number of hydrogen-bond acceptors (Lipinski definition) is 2. The number of nitrogens with zero attached hydrogens (tertiary/aromatic N) is 1. The van der Waals surface area contributed by atoms with Crippen molar-refractivity contribution in [2.75, 3.05) is 26.2 Å². The number of ether oxygens (including phenoxy) is 1. The Hall–Kier alpha value is -1.02. The number of hydrogen-bond donors (Lipinski definition) is 0. The average Bonchev–Trinajstić information content (AvgIpc) is 2.89. The first-order valence-corrected chi connectivity index (χ1v) is 15.3. The van der Waals surface area contributed by atoms with Gasteiger partial charge in [0, 0.05) is 0 Å². The van der Waals surface area contributed by atoms with E-state index in [0.717, 1.165) is 36.2 Å². The summed E-state index contributed by atoms with van der Waals surface area (Å²) in [5.74, 6) is 7.13. The van der Waals surface area contributed by atoms with Crippen molar-refractivity contribution in [3.63, 3.8) is 0 Å². The van der Waals surface area contributed by atoms with Gasteiger partial charge >= 0.3 is 0 Å². The molecule has 3 saturated heterocycles.